The van der Waals surface area contributed by atoms with E-state index in [4.69, 9.17) is 9.15 Å². The van der Waals surface area contributed by atoms with E-state index in [1.54, 1.807) is 30.3 Å². The van der Waals surface area contributed by atoms with Crippen LogP contribution in [-0.4, -0.2) is 35.1 Å². The molecule has 0 aliphatic carbocycles. The summed E-state index contributed by atoms with van der Waals surface area (Å²) < 4.78 is 10.7. The highest BCUT2D eigenvalue weighted by molar-refractivity contribution is 8.15. The highest BCUT2D eigenvalue weighted by Gasteiger charge is 2.32. The molecule has 1 aromatic heterocycles. The highest BCUT2D eigenvalue weighted by atomic mass is 32.2. The number of hydrogen-bond donors (Lipinski definition) is 2. The predicted octanol–water partition coefficient (Wildman–Crippen LogP) is 2.94. The molecule has 2 N–H and O–H groups in total. The van der Waals surface area contributed by atoms with Crippen LogP contribution in [0.15, 0.2) is 51.0 Å². The highest BCUT2D eigenvalue weighted by Crippen LogP contribution is 2.23. The number of benzene rings is 1. The van der Waals surface area contributed by atoms with Crippen LogP contribution in [0.3, 0.4) is 0 Å². The third-order valence-electron chi connectivity index (χ3n) is 3.69. The molecule has 2 amide bonds. The van der Waals surface area contributed by atoms with Crippen molar-refractivity contribution in [3.63, 3.8) is 0 Å². The summed E-state index contributed by atoms with van der Waals surface area (Å²) in [5.74, 6) is 1.55. The van der Waals surface area contributed by atoms with E-state index in [-0.39, 0.29) is 18.2 Å². The molecule has 8 nitrogen and oxygen atoms in total. The maximum absolute atomic E-state index is 12.2. The van der Waals surface area contributed by atoms with Crippen molar-refractivity contribution >= 4 is 40.6 Å². The van der Waals surface area contributed by atoms with Crippen LogP contribution in [0.4, 0.5) is 5.69 Å². The van der Waals surface area contributed by atoms with Gasteiger partial charge in [0.05, 0.1) is 12.8 Å². The second-order valence-electron chi connectivity index (χ2n) is 5.90. The minimum atomic E-state index is -0.553. The minimum Gasteiger partial charge on any atom is -0.494 e. The molecule has 9 heteroatoms. The van der Waals surface area contributed by atoms with Gasteiger partial charge < -0.3 is 19.8 Å². The Kier molecular flexibility index (Phi) is 6.49. The van der Waals surface area contributed by atoms with Gasteiger partial charge in [-0.2, -0.15) is 5.10 Å². The van der Waals surface area contributed by atoms with Gasteiger partial charge in [-0.25, -0.2) is 0 Å². The lowest BCUT2D eigenvalue weighted by molar-refractivity contribution is -0.122. The number of furan rings is 1. The molecule has 1 aliphatic rings. The summed E-state index contributed by atoms with van der Waals surface area (Å²) in [7, 11) is 0. The molecule has 1 saturated heterocycles. The number of ether oxygens (including phenoxy) is 1. The molecule has 146 valence electrons. The lowest BCUT2D eigenvalue weighted by Gasteiger charge is -2.08. The number of rotatable bonds is 7. The van der Waals surface area contributed by atoms with Gasteiger partial charge in [-0.05, 0) is 50.2 Å². The Morgan fingerprint density at radius 1 is 1.32 bits per heavy atom. The topological polar surface area (TPSA) is 105 Å². The van der Waals surface area contributed by atoms with E-state index in [0.29, 0.717) is 23.2 Å². The summed E-state index contributed by atoms with van der Waals surface area (Å²) in [5.41, 5.74) is 0.643. The zero-order valence-electron chi connectivity index (χ0n) is 15.5. The smallest absolute Gasteiger partial charge is 0.240 e. The molecule has 0 radical (unpaired) electrons. The standard InChI is InChI=1S/C19H20N4O4S/c1-3-26-14-8-5-13(6-9-14)21-17(24)10-16-18(25)22-19(28-16)23-20-11-15-7-4-12(2)27-15/h4-9,11,16H,3,10H2,1-2H3,(H,21,24)(H,22,23,25)/b20-11+. The largest absolute Gasteiger partial charge is 0.494 e. The summed E-state index contributed by atoms with van der Waals surface area (Å²) in [6.45, 7) is 4.31. The van der Waals surface area contributed by atoms with Crippen LogP contribution in [0, 0.1) is 6.92 Å². The van der Waals surface area contributed by atoms with Crippen molar-refractivity contribution in [1.29, 1.82) is 0 Å². The number of amidine groups is 1. The van der Waals surface area contributed by atoms with Crippen molar-refractivity contribution in [3.8, 4) is 5.75 Å². The Bertz CT molecular complexity index is 905. The zero-order valence-corrected chi connectivity index (χ0v) is 16.3. The fourth-order valence-corrected chi connectivity index (χ4v) is 3.35. The molecule has 1 atom stereocenters. The Balaban J connectivity index is 1.51. The van der Waals surface area contributed by atoms with Crippen molar-refractivity contribution in [1.82, 2.24) is 5.32 Å². The molecule has 1 aromatic carbocycles. The van der Waals surface area contributed by atoms with Gasteiger partial charge >= 0.3 is 0 Å². The summed E-state index contributed by atoms with van der Waals surface area (Å²) in [6, 6.07) is 10.7. The van der Waals surface area contributed by atoms with E-state index in [9.17, 15) is 9.59 Å². The van der Waals surface area contributed by atoms with E-state index in [1.165, 1.54) is 18.0 Å². The second-order valence-corrected chi connectivity index (χ2v) is 7.10. The van der Waals surface area contributed by atoms with Gasteiger partial charge in [-0.15, -0.1) is 5.10 Å². The van der Waals surface area contributed by atoms with Crippen LogP contribution in [0.25, 0.3) is 0 Å². The molecule has 2 heterocycles. The van der Waals surface area contributed by atoms with Gasteiger partial charge in [0, 0.05) is 12.1 Å². The maximum Gasteiger partial charge on any atom is 0.240 e. The van der Waals surface area contributed by atoms with Crippen LogP contribution < -0.4 is 15.4 Å². The van der Waals surface area contributed by atoms with Crippen LogP contribution >= 0.6 is 11.8 Å². The van der Waals surface area contributed by atoms with E-state index < -0.39 is 5.25 Å². The molecule has 0 bridgehead atoms. The Hall–Kier alpha value is -3.07. The van der Waals surface area contributed by atoms with E-state index in [0.717, 1.165) is 11.5 Å². The number of carbonyl (C=O) groups is 2. The van der Waals surface area contributed by atoms with Crippen molar-refractivity contribution < 1.29 is 18.7 Å². The number of aryl methyl sites for hydroxylation is 1. The van der Waals surface area contributed by atoms with Crippen molar-refractivity contribution in [3.05, 3.63) is 47.9 Å². The van der Waals surface area contributed by atoms with Crippen LogP contribution in [0.1, 0.15) is 24.9 Å². The predicted molar refractivity (Wildman–Crippen MR) is 109 cm³/mol. The van der Waals surface area contributed by atoms with Gasteiger partial charge in [-0.1, -0.05) is 11.8 Å². The van der Waals surface area contributed by atoms with E-state index >= 15 is 0 Å². The Labute approximate surface area is 166 Å². The fraction of sp³-hybridized carbons (Fsp3) is 0.263. The van der Waals surface area contributed by atoms with Crippen molar-refractivity contribution in [2.75, 3.05) is 11.9 Å². The minimum absolute atomic E-state index is 0.0316. The number of anilines is 1. The zero-order chi connectivity index (χ0) is 19.9. The first-order chi connectivity index (χ1) is 13.5. The quantitative estimate of drug-likeness (QED) is 0.549. The van der Waals surface area contributed by atoms with Crippen molar-refractivity contribution in [2.45, 2.75) is 25.5 Å². The first-order valence-corrected chi connectivity index (χ1v) is 9.59. The lowest BCUT2D eigenvalue weighted by atomic mass is 10.2. The molecule has 2 aromatic rings. The average molecular weight is 400 g/mol. The monoisotopic (exact) mass is 400 g/mol. The average Bonchev–Trinajstić information content (AvgIpc) is 3.22. The van der Waals surface area contributed by atoms with E-state index in [2.05, 4.69) is 20.8 Å². The molecule has 1 aliphatic heterocycles. The number of nitrogens with one attached hydrogen (secondary N) is 2. The molecular weight excluding hydrogens is 380 g/mol. The SMILES string of the molecule is CCOc1ccc(NC(=O)CC2S/C(=N/N=C/c3ccc(C)o3)NC2=O)cc1. The summed E-state index contributed by atoms with van der Waals surface area (Å²) in [6.07, 6.45) is 1.49. The summed E-state index contributed by atoms with van der Waals surface area (Å²) >= 11 is 1.17. The van der Waals surface area contributed by atoms with Crippen LogP contribution in [-0.2, 0) is 9.59 Å². The second kappa shape index (κ2) is 9.23. The van der Waals surface area contributed by atoms with Gasteiger partial charge in [0.25, 0.3) is 0 Å². The molecule has 28 heavy (non-hydrogen) atoms. The van der Waals surface area contributed by atoms with Gasteiger partial charge in [-0.3, -0.25) is 9.59 Å². The lowest BCUT2D eigenvalue weighted by Crippen LogP contribution is -2.28. The van der Waals surface area contributed by atoms with Gasteiger partial charge in [0.15, 0.2) is 5.17 Å². The number of carbonyl (C=O) groups excluding carboxylic acids is 2. The number of hydrogen-bond acceptors (Lipinski definition) is 7. The number of thioether (sulfide) groups is 1. The van der Waals surface area contributed by atoms with Crippen LogP contribution in [0.5, 0.6) is 5.75 Å². The molecular formula is C19H20N4O4S. The first kappa shape index (κ1) is 19.7. The maximum atomic E-state index is 12.2. The molecule has 1 unspecified atom stereocenters. The normalized spacial score (nSPS) is 17.9. The van der Waals surface area contributed by atoms with Crippen LogP contribution in [0.2, 0.25) is 0 Å². The van der Waals surface area contributed by atoms with Gasteiger partial charge in [0.1, 0.15) is 22.5 Å². The third kappa shape index (κ3) is 5.46. The Morgan fingerprint density at radius 2 is 2.11 bits per heavy atom. The molecule has 0 saturated carbocycles. The molecule has 1 fully saturated rings. The van der Waals surface area contributed by atoms with E-state index in [1.807, 2.05) is 19.9 Å². The Morgan fingerprint density at radius 3 is 2.79 bits per heavy atom. The third-order valence-corrected chi connectivity index (χ3v) is 4.76. The fourth-order valence-electron chi connectivity index (χ4n) is 2.43. The number of amides is 2. The summed E-state index contributed by atoms with van der Waals surface area (Å²) in [4.78, 5) is 24.3. The molecule has 0 spiro atoms. The van der Waals surface area contributed by atoms with Gasteiger partial charge in [0.2, 0.25) is 11.8 Å². The van der Waals surface area contributed by atoms with Crippen molar-refractivity contribution in [2.24, 2.45) is 10.2 Å². The first-order valence-electron chi connectivity index (χ1n) is 8.71. The number of nitrogens with zero attached hydrogens (tertiary/aromatic N) is 2. The summed E-state index contributed by atoms with van der Waals surface area (Å²) in [5, 5.41) is 13.0. The molecule has 3 rings (SSSR count).